The highest BCUT2D eigenvalue weighted by atomic mass is 16.3. The van der Waals surface area contributed by atoms with Gasteiger partial charge in [0, 0.05) is 12.6 Å². The van der Waals surface area contributed by atoms with E-state index < -0.39 is 11.2 Å². The molecule has 0 aliphatic carbocycles. The Morgan fingerprint density at radius 2 is 1.57 bits per heavy atom. The van der Waals surface area contributed by atoms with Crippen LogP contribution in [0, 0.1) is 0 Å². The Morgan fingerprint density at radius 1 is 1.14 bits per heavy atom. The van der Waals surface area contributed by atoms with E-state index >= 15 is 0 Å². The highest BCUT2D eigenvalue weighted by Crippen LogP contribution is 2.15. The molecule has 0 aliphatic heterocycles. The molecule has 14 heavy (non-hydrogen) atoms. The molecule has 1 unspecified atom stereocenters. The van der Waals surface area contributed by atoms with Crippen LogP contribution in [0.1, 0.15) is 47.5 Å². The lowest BCUT2D eigenvalue weighted by Crippen LogP contribution is -2.50. The number of aliphatic hydroxyl groups is 2. The molecule has 0 heterocycles. The molecule has 0 bridgehead atoms. The van der Waals surface area contributed by atoms with Gasteiger partial charge in [-0.3, -0.25) is 0 Å². The van der Waals surface area contributed by atoms with Gasteiger partial charge in [0.25, 0.3) is 0 Å². The van der Waals surface area contributed by atoms with E-state index in [0.717, 1.165) is 12.8 Å². The Hall–Kier alpha value is -0.120. The fourth-order valence-corrected chi connectivity index (χ4v) is 1.09. The highest BCUT2D eigenvalue weighted by molar-refractivity contribution is 4.84. The van der Waals surface area contributed by atoms with E-state index in [4.69, 9.17) is 0 Å². The zero-order valence-corrected chi connectivity index (χ0v) is 10.1. The van der Waals surface area contributed by atoms with Crippen LogP contribution in [0.5, 0.6) is 0 Å². The number of hydrogen-bond donors (Lipinski definition) is 3. The summed E-state index contributed by atoms with van der Waals surface area (Å²) >= 11 is 0. The highest BCUT2D eigenvalue weighted by Gasteiger charge is 2.27. The lowest BCUT2D eigenvalue weighted by Gasteiger charge is -2.32. The average molecular weight is 203 g/mol. The van der Waals surface area contributed by atoms with Crippen molar-refractivity contribution < 1.29 is 10.2 Å². The molecular formula is C11H25NO2. The minimum Gasteiger partial charge on any atom is -0.389 e. The first kappa shape index (κ1) is 13.9. The monoisotopic (exact) mass is 203 g/mol. The normalized spacial score (nSPS) is 15.6. The summed E-state index contributed by atoms with van der Waals surface area (Å²) in [6.45, 7) is 9.93. The van der Waals surface area contributed by atoms with Gasteiger partial charge in [-0.2, -0.15) is 0 Å². The van der Waals surface area contributed by atoms with Gasteiger partial charge in [0.1, 0.15) is 0 Å². The first-order valence-corrected chi connectivity index (χ1v) is 5.43. The lowest BCUT2D eigenvalue weighted by atomic mass is 9.95. The van der Waals surface area contributed by atoms with E-state index in [1.807, 2.05) is 20.8 Å². The second-order valence-electron chi connectivity index (χ2n) is 4.69. The molecule has 0 amide bonds. The van der Waals surface area contributed by atoms with Gasteiger partial charge in [-0.25, -0.2) is 0 Å². The minimum absolute atomic E-state index is 0.0212. The Kier molecular flexibility index (Phi) is 5.06. The first-order valence-electron chi connectivity index (χ1n) is 5.43. The van der Waals surface area contributed by atoms with Crippen molar-refractivity contribution in [3.63, 3.8) is 0 Å². The van der Waals surface area contributed by atoms with E-state index in [1.54, 1.807) is 13.8 Å². The summed E-state index contributed by atoms with van der Waals surface area (Å²) in [4.78, 5) is 0. The van der Waals surface area contributed by atoms with Crippen LogP contribution in [-0.2, 0) is 0 Å². The molecule has 3 heteroatoms. The van der Waals surface area contributed by atoms with Crippen LogP contribution in [0.3, 0.4) is 0 Å². The number of hydrogen-bond acceptors (Lipinski definition) is 3. The van der Waals surface area contributed by atoms with Gasteiger partial charge in [-0.15, -0.1) is 0 Å². The SMILES string of the molecule is CCC(O)(CC)CNC(C)C(C)(C)O. The second-order valence-corrected chi connectivity index (χ2v) is 4.69. The van der Waals surface area contributed by atoms with Crippen molar-refractivity contribution in [3.05, 3.63) is 0 Å². The van der Waals surface area contributed by atoms with Crippen LogP contribution in [0.4, 0.5) is 0 Å². The summed E-state index contributed by atoms with van der Waals surface area (Å²) < 4.78 is 0. The van der Waals surface area contributed by atoms with E-state index in [-0.39, 0.29) is 6.04 Å². The van der Waals surface area contributed by atoms with Crippen LogP contribution in [0.15, 0.2) is 0 Å². The summed E-state index contributed by atoms with van der Waals surface area (Å²) in [6.07, 6.45) is 1.46. The molecule has 0 aliphatic rings. The van der Waals surface area contributed by atoms with Crippen molar-refractivity contribution in [2.45, 2.75) is 64.7 Å². The third-order valence-corrected chi connectivity index (χ3v) is 3.11. The van der Waals surface area contributed by atoms with E-state index in [1.165, 1.54) is 0 Å². The third-order valence-electron chi connectivity index (χ3n) is 3.11. The molecular weight excluding hydrogens is 178 g/mol. The summed E-state index contributed by atoms with van der Waals surface area (Å²) in [5.41, 5.74) is -1.39. The maximum atomic E-state index is 10.00. The summed E-state index contributed by atoms with van der Waals surface area (Å²) in [6, 6.07) is -0.0212. The van der Waals surface area contributed by atoms with Gasteiger partial charge in [-0.05, 0) is 33.6 Å². The maximum Gasteiger partial charge on any atom is 0.0766 e. The maximum absolute atomic E-state index is 10.00. The fourth-order valence-electron chi connectivity index (χ4n) is 1.09. The zero-order chi connectivity index (χ0) is 11.4. The van der Waals surface area contributed by atoms with Crippen LogP contribution in [0.2, 0.25) is 0 Å². The molecule has 86 valence electrons. The Balaban J connectivity index is 4.05. The minimum atomic E-state index is -0.748. The standard InChI is InChI=1S/C11H25NO2/c1-6-11(14,7-2)8-12-9(3)10(4,5)13/h9,12-14H,6-8H2,1-5H3. The lowest BCUT2D eigenvalue weighted by molar-refractivity contribution is 0.00621. The van der Waals surface area contributed by atoms with Crippen molar-refractivity contribution in [3.8, 4) is 0 Å². The molecule has 0 fully saturated rings. The van der Waals surface area contributed by atoms with Crippen LogP contribution < -0.4 is 5.32 Å². The van der Waals surface area contributed by atoms with Crippen LogP contribution in [0.25, 0.3) is 0 Å². The Morgan fingerprint density at radius 3 is 1.86 bits per heavy atom. The molecule has 0 aromatic carbocycles. The summed E-state index contributed by atoms with van der Waals surface area (Å²) in [5.74, 6) is 0. The molecule has 1 atom stereocenters. The molecule has 0 rings (SSSR count). The smallest absolute Gasteiger partial charge is 0.0766 e. The van der Waals surface area contributed by atoms with Crippen molar-refractivity contribution in [2.24, 2.45) is 0 Å². The van der Waals surface area contributed by atoms with Gasteiger partial charge in [0.2, 0.25) is 0 Å². The predicted molar refractivity (Wildman–Crippen MR) is 59.3 cm³/mol. The summed E-state index contributed by atoms with van der Waals surface area (Å²) in [7, 11) is 0. The Bertz CT molecular complexity index is 159. The van der Waals surface area contributed by atoms with Gasteiger partial charge in [0.05, 0.1) is 11.2 Å². The number of rotatable bonds is 6. The second kappa shape index (κ2) is 5.10. The third kappa shape index (κ3) is 4.40. The number of nitrogens with one attached hydrogen (secondary N) is 1. The van der Waals surface area contributed by atoms with Gasteiger partial charge >= 0.3 is 0 Å². The molecule has 0 aromatic rings. The van der Waals surface area contributed by atoms with Gasteiger partial charge < -0.3 is 15.5 Å². The summed E-state index contributed by atoms with van der Waals surface area (Å²) in [5, 5.41) is 22.8. The van der Waals surface area contributed by atoms with Crippen molar-refractivity contribution in [2.75, 3.05) is 6.54 Å². The topological polar surface area (TPSA) is 52.5 Å². The molecule has 0 aromatic heterocycles. The molecule has 0 saturated carbocycles. The quantitative estimate of drug-likeness (QED) is 0.609. The largest absolute Gasteiger partial charge is 0.389 e. The van der Waals surface area contributed by atoms with Crippen molar-refractivity contribution in [1.29, 1.82) is 0 Å². The van der Waals surface area contributed by atoms with Crippen molar-refractivity contribution in [1.82, 2.24) is 5.32 Å². The fraction of sp³-hybridized carbons (Fsp3) is 1.00. The van der Waals surface area contributed by atoms with E-state index in [2.05, 4.69) is 5.32 Å². The zero-order valence-electron chi connectivity index (χ0n) is 10.1. The molecule has 0 spiro atoms. The van der Waals surface area contributed by atoms with E-state index in [9.17, 15) is 10.2 Å². The van der Waals surface area contributed by atoms with E-state index in [0.29, 0.717) is 6.54 Å². The molecule has 3 N–H and O–H groups in total. The molecule has 3 nitrogen and oxygen atoms in total. The molecule has 0 saturated heterocycles. The van der Waals surface area contributed by atoms with Gasteiger partial charge in [0.15, 0.2) is 0 Å². The first-order chi connectivity index (χ1) is 6.25. The predicted octanol–water partition coefficient (Wildman–Crippen LogP) is 1.29. The van der Waals surface area contributed by atoms with Gasteiger partial charge in [-0.1, -0.05) is 13.8 Å². The van der Waals surface area contributed by atoms with Crippen LogP contribution >= 0.6 is 0 Å². The Labute approximate surface area is 87.5 Å². The van der Waals surface area contributed by atoms with Crippen LogP contribution in [-0.4, -0.2) is 34.0 Å². The molecule has 0 radical (unpaired) electrons. The van der Waals surface area contributed by atoms with Crippen molar-refractivity contribution >= 4 is 0 Å². The average Bonchev–Trinajstić information content (AvgIpc) is 2.12.